The van der Waals surface area contributed by atoms with Crippen LogP contribution in [0.1, 0.15) is 41.0 Å². The third-order valence-electron chi connectivity index (χ3n) is 3.60. The predicted molar refractivity (Wildman–Crippen MR) is 110 cm³/mol. The highest BCUT2D eigenvalue weighted by Crippen LogP contribution is 2.12. The first-order chi connectivity index (χ1) is 13.0. The summed E-state index contributed by atoms with van der Waals surface area (Å²) >= 11 is 5.17. The molecule has 0 heterocycles. The van der Waals surface area contributed by atoms with Crippen molar-refractivity contribution in [3.63, 3.8) is 0 Å². The Morgan fingerprint density at radius 2 is 1.52 bits per heavy atom. The van der Waals surface area contributed by atoms with E-state index in [1.807, 2.05) is 13.8 Å². The Labute approximate surface area is 164 Å². The molecule has 0 unspecified atom stereocenters. The molecule has 0 atom stereocenters. The van der Waals surface area contributed by atoms with E-state index in [4.69, 9.17) is 17.0 Å². The van der Waals surface area contributed by atoms with E-state index in [9.17, 15) is 9.59 Å². The van der Waals surface area contributed by atoms with Crippen LogP contribution >= 0.6 is 12.2 Å². The summed E-state index contributed by atoms with van der Waals surface area (Å²) in [7, 11) is 0. The van der Waals surface area contributed by atoms with Gasteiger partial charge in [-0.2, -0.15) is 0 Å². The van der Waals surface area contributed by atoms with E-state index in [2.05, 4.69) is 16.0 Å². The number of thiocarbonyl (C=S) groups is 1. The maximum absolute atomic E-state index is 12.2. The van der Waals surface area contributed by atoms with Gasteiger partial charge in [-0.3, -0.25) is 14.9 Å². The molecule has 0 radical (unpaired) electrons. The predicted octanol–water partition coefficient (Wildman–Crippen LogP) is 3.35. The van der Waals surface area contributed by atoms with E-state index in [-0.39, 0.29) is 16.9 Å². The van der Waals surface area contributed by atoms with Crippen LogP contribution in [0, 0.1) is 0 Å². The van der Waals surface area contributed by atoms with Crippen molar-refractivity contribution in [2.75, 3.05) is 18.5 Å². The molecule has 7 heteroatoms. The smallest absolute Gasteiger partial charge is 0.257 e. The summed E-state index contributed by atoms with van der Waals surface area (Å²) in [5.41, 5.74) is 1.72. The van der Waals surface area contributed by atoms with Crippen molar-refractivity contribution in [2.45, 2.75) is 20.3 Å². The van der Waals surface area contributed by atoms with Crippen molar-refractivity contribution in [3.8, 4) is 5.75 Å². The molecule has 142 valence electrons. The van der Waals surface area contributed by atoms with Gasteiger partial charge in [0.15, 0.2) is 5.11 Å². The van der Waals surface area contributed by atoms with Gasteiger partial charge < -0.3 is 15.4 Å². The zero-order valence-corrected chi connectivity index (χ0v) is 16.2. The van der Waals surface area contributed by atoms with E-state index >= 15 is 0 Å². The monoisotopic (exact) mass is 385 g/mol. The average molecular weight is 385 g/mol. The van der Waals surface area contributed by atoms with Gasteiger partial charge in [0.05, 0.1) is 6.61 Å². The van der Waals surface area contributed by atoms with E-state index in [0.717, 1.165) is 6.42 Å². The number of amides is 2. The van der Waals surface area contributed by atoms with Crippen LogP contribution in [0.4, 0.5) is 5.69 Å². The second-order valence-corrected chi connectivity index (χ2v) is 6.11. The molecule has 0 aliphatic rings. The molecule has 0 bridgehead atoms. The average Bonchev–Trinajstić information content (AvgIpc) is 2.67. The maximum atomic E-state index is 12.2. The van der Waals surface area contributed by atoms with Gasteiger partial charge in [0.25, 0.3) is 11.8 Å². The van der Waals surface area contributed by atoms with Crippen molar-refractivity contribution >= 4 is 34.8 Å². The molecule has 3 N–H and O–H groups in total. The third kappa shape index (κ3) is 6.38. The maximum Gasteiger partial charge on any atom is 0.257 e. The summed E-state index contributed by atoms with van der Waals surface area (Å²) in [4.78, 5) is 24.1. The minimum atomic E-state index is -0.314. The van der Waals surface area contributed by atoms with Gasteiger partial charge in [0.2, 0.25) is 0 Å². The summed E-state index contributed by atoms with van der Waals surface area (Å²) in [6.45, 7) is 5.10. The molecule has 0 aromatic heterocycles. The van der Waals surface area contributed by atoms with Crippen LogP contribution in [0.2, 0.25) is 0 Å². The molecule has 0 saturated carbocycles. The second kappa shape index (κ2) is 10.3. The molecule has 6 nitrogen and oxygen atoms in total. The van der Waals surface area contributed by atoms with Crippen molar-refractivity contribution in [2.24, 2.45) is 0 Å². The Morgan fingerprint density at radius 3 is 2.11 bits per heavy atom. The molecule has 2 aromatic carbocycles. The minimum absolute atomic E-state index is 0.116. The molecule has 27 heavy (non-hydrogen) atoms. The lowest BCUT2D eigenvalue weighted by Gasteiger charge is -2.11. The molecule has 2 amide bonds. The first-order valence-corrected chi connectivity index (χ1v) is 9.17. The highest BCUT2D eigenvalue weighted by Gasteiger charge is 2.09. The van der Waals surface area contributed by atoms with Crippen molar-refractivity contribution in [3.05, 3.63) is 59.7 Å². The van der Waals surface area contributed by atoms with Gasteiger partial charge in [0, 0.05) is 23.4 Å². The van der Waals surface area contributed by atoms with Crippen LogP contribution in [-0.4, -0.2) is 30.1 Å². The summed E-state index contributed by atoms with van der Waals surface area (Å²) < 4.78 is 5.35. The molecular weight excluding hydrogens is 362 g/mol. The molecular formula is C20H23N3O3S. The highest BCUT2D eigenvalue weighted by atomic mass is 32.1. The van der Waals surface area contributed by atoms with E-state index in [1.54, 1.807) is 48.5 Å². The molecule has 0 fully saturated rings. The Kier molecular flexibility index (Phi) is 7.76. The topological polar surface area (TPSA) is 79.5 Å². The van der Waals surface area contributed by atoms with Crippen LogP contribution in [0.3, 0.4) is 0 Å². The van der Waals surface area contributed by atoms with Crippen molar-refractivity contribution in [1.29, 1.82) is 0 Å². The minimum Gasteiger partial charge on any atom is -0.494 e. The SMILES string of the molecule is CCCNC(=O)c1ccc(NC(=S)NC(=O)c2ccc(OCC)cc2)cc1. The molecule has 0 aliphatic carbocycles. The van der Waals surface area contributed by atoms with Gasteiger partial charge in [-0.1, -0.05) is 6.92 Å². The molecule has 2 rings (SSSR count). The fourth-order valence-electron chi connectivity index (χ4n) is 2.25. The first-order valence-electron chi connectivity index (χ1n) is 8.77. The van der Waals surface area contributed by atoms with E-state index in [0.29, 0.717) is 35.7 Å². The standard InChI is InChI=1S/C20H23N3O3S/c1-3-13-21-18(24)14-5-9-16(10-6-14)22-20(27)23-19(25)15-7-11-17(12-8-15)26-4-2/h5-12H,3-4,13H2,1-2H3,(H,21,24)(H2,22,23,25,27). The van der Waals surface area contributed by atoms with Gasteiger partial charge in [-0.05, 0) is 74.1 Å². The number of hydrogen-bond acceptors (Lipinski definition) is 4. The summed E-state index contributed by atoms with van der Waals surface area (Å²) in [6.07, 6.45) is 0.883. The lowest BCUT2D eigenvalue weighted by atomic mass is 10.2. The number of nitrogens with one attached hydrogen (secondary N) is 3. The summed E-state index contributed by atoms with van der Waals surface area (Å²) in [5, 5.41) is 8.54. The summed E-state index contributed by atoms with van der Waals surface area (Å²) in [6, 6.07) is 13.7. The molecule has 0 aliphatic heterocycles. The van der Waals surface area contributed by atoms with E-state index < -0.39 is 0 Å². The number of benzene rings is 2. The van der Waals surface area contributed by atoms with Crippen LogP contribution in [0.5, 0.6) is 5.75 Å². The largest absolute Gasteiger partial charge is 0.494 e. The van der Waals surface area contributed by atoms with Gasteiger partial charge in [0.1, 0.15) is 5.75 Å². The number of rotatable bonds is 7. The lowest BCUT2D eigenvalue weighted by molar-refractivity contribution is 0.0951. The van der Waals surface area contributed by atoms with Crippen molar-refractivity contribution in [1.82, 2.24) is 10.6 Å². The van der Waals surface area contributed by atoms with Gasteiger partial charge in [-0.25, -0.2) is 0 Å². The fourth-order valence-corrected chi connectivity index (χ4v) is 2.46. The van der Waals surface area contributed by atoms with Crippen LogP contribution in [-0.2, 0) is 0 Å². The zero-order chi connectivity index (χ0) is 19.6. The van der Waals surface area contributed by atoms with Crippen LogP contribution < -0.4 is 20.7 Å². The van der Waals surface area contributed by atoms with Crippen molar-refractivity contribution < 1.29 is 14.3 Å². The number of hydrogen-bond donors (Lipinski definition) is 3. The van der Waals surface area contributed by atoms with E-state index in [1.165, 1.54) is 0 Å². The quantitative estimate of drug-likeness (QED) is 0.637. The number of carbonyl (C=O) groups excluding carboxylic acids is 2. The number of ether oxygens (including phenoxy) is 1. The second-order valence-electron chi connectivity index (χ2n) is 5.70. The normalized spacial score (nSPS) is 10.0. The Bertz CT molecular complexity index is 789. The molecule has 0 saturated heterocycles. The highest BCUT2D eigenvalue weighted by molar-refractivity contribution is 7.80. The summed E-state index contributed by atoms with van der Waals surface area (Å²) in [5.74, 6) is 0.277. The number of carbonyl (C=O) groups is 2. The Balaban J connectivity index is 1.89. The zero-order valence-electron chi connectivity index (χ0n) is 15.4. The van der Waals surface area contributed by atoms with Gasteiger partial charge in [-0.15, -0.1) is 0 Å². The lowest BCUT2D eigenvalue weighted by Crippen LogP contribution is -2.34. The molecule has 0 spiro atoms. The third-order valence-corrected chi connectivity index (χ3v) is 3.80. The van der Waals surface area contributed by atoms with Crippen LogP contribution in [0.25, 0.3) is 0 Å². The Morgan fingerprint density at radius 1 is 0.926 bits per heavy atom. The number of anilines is 1. The van der Waals surface area contributed by atoms with Crippen LogP contribution in [0.15, 0.2) is 48.5 Å². The Hall–Kier alpha value is -2.93. The fraction of sp³-hybridized carbons (Fsp3) is 0.250. The first kappa shape index (κ1) is 20.4. The molecule has 2 aromatic rings. The van der Waals surface area contributed by atoms with Gasteiger partial charge >= 0.3 is 0 Å².